The van der Waals surface area contributed by atoms with E-state index in [0.717, 1.165) is 12.8 Å². The molecule has 0 spiro atoms. The molecule has 6 N–H and O–H groups in total. The molecular weight excluding hydrogens is 390 g/mol. The number of amides is 5. The number of carbonyl (C=O) groups is 5. The predicted molar refractivity (Wildman–Crippen MR) is 109 cm³/mol. The summed E-state index contributed by atoms with van der Waals surface area (Å²) in [5.74, 6) is -1.63. The van der Waals surface area contributed by atoms with Gasteiger partial charge in [-0.25, -0.2) is 4.79 Å². The summed E-state index contributed by atoms with van der Waals surface area (Å²) in [4.78, 5) is 62.5. The lowest BCUT2D eigenvalue weighted by atomic mass is 9.85. The zero-order valence-electron chi connectivity index (χ0n) is 17.9. The molecule has 168 valence electrons. The number of primary amides is 2. The number of hydrogen-bond donors (Lipinski definition) is 4. The second kappa shape index (κ2) is 9.44. The van der Waals surface area contributed by atoms with E-state index in [-0.39, 0.29) is 5.91 Å². The highest BCUT2D eigenvalue weighted by atomic mass is 16.2. The van der Waals surface area contributed by atoms with Crippen LogP contribution >= 0.6 is 0 Å². The van der Waals surface area contributed by atoms with E-state index in [4.69, 9.17) is 11.5 Å². The normalized spacial score (nSPS) is 20.9. The first kappa shape index (κ1) is 23.6. The maximum atomic E-state index is 13.1. The molecule has 0 bridgehead atoms. The van der Waals surface area contributed by atoms with Crippen LogP contribution in [0.2, 0.25) is 0 Å². The van der Waals surface area contributed by atoms with E-state index >= 15 is 0 Å². The quantitative estimate of drug-likeness (QED) is 0.376. The van der Waals surface area contributed by atoms with Gasteiger partial charge in [-0.1, -0.05) is 33.6 Å². The van der Waals surface area contributed by atoms with Crippen molar-refractivity contribution in [2.75, 3.05) is 6.54 Å². The summed E-state index contributed by atoms with van der Waals surface area (Å²) in [6, 6.07) is -3.25. The van der Waals surface area contributed by atoms with E-state index in [1.165, 1.54) is 4.90 Å². The van der Waals surface area contributed by atoms with Crippen molar-refractivity contribution in [1.29, 1.82) is 0 Å². The lowest BCUT2D eigenvalue weighted by Gasteiger charge is -2.35. The first-order chi connectivity index (χ1) is 13.9. The molecule has 1 unspecified atom stereocenters. The Kier molecular flexibility index (Phi) is 7.44. The fraction of sp³-hybridized carbons (Fsp3) is 0.750. The molecule has 1 aliphatic carbocycles. The SMILES string of the molecule is CC(C)(C)[C@H](NC(N)=O)C(=O)N1CCC[C@H]1C(=O)NC(CC1CC1)C(=O)CC(N)=O. The van der Waals surface area contributed by atoms with Gasteiger partial charge in [0, 0.05) is 6.54 Å². The molecule has 0 aromatic carbocycles. The van der Waals surface area contributed by atoms with Crippen LogP contribution in [0.1, 0.15) is 59.3 Å². The van der Waals surface area contributed by atoms with Gasteiger partial charge >= 0.3 is 6.03 Å². The van der Waals surface area contributed by atoms with E-state index in [0.29, 0.717) is 31.7 Å². The molecule has 2 fully saturated rings. The van der Waals surface area contributed by atoms with Crippen molar-refractivity contribution in [2.45, 2.75) is 77.4 Å². The smallest absolute Gasteiger partial charge is 0.312 e. The number of urea groups is 1. The zero-order valence-corrected chi connectivity index (χ0v) is 17.9. The van der Waals surface area contributed by atoms with Gasteiger partial charge in [-0.15, -0.1) is 0 Å². The minimum absolute atomic E-state index is 0.346. The maximum absolute atomic E-state index is 13.1. The minimum atomic E-state index is -0.887. The fourth-order valence-electron chi connectivity index (χ4n) is 3.78. The van der Waals surface area contributed by atoms with Crippen LogP contribution < -0.4 is 22.1 Å². The molecule has 1 saturated carbocycles. The predicted octanol–water partition coefficient (Wildman–Crippen LogP) is -0.210. The van der Waals surface area contributed by atoms with E-state index in [1.807, 2.05) is 0 Å². The molecule has 0 radical (unpaired) electrons. The first-order valence-corrected chi connectivity index (χ1v) is 10.4. The molecule has 10 heteroatoms. The van der Waals surface area contributed by atoms with Crippen LogP contribution in [0, 0.1) is 11.3 Å². The number of nitrogens with zero attached hydrogens (tertiary/aromatic N) is 1. The van der Waals surface area contributed by atoms with Gasteiger partial charge in [0.15, 0.2) is 5.78 Å². The van der Waals surface area contributed by atoms with Crippen molar-refractivity contribution in [3.8, 4) is 0 Å². The molecular formula is C20H33N5O5. The van der Waals surface area contributed by atoms with Gasteiger partial charge in [0.25, 0.3) is 0 Å². The van der Waals surface area contributed by atoms with Gasteiger partial charge in [-0.3, -0.25) is 19.2 Å². The summed E-state index contributed by atoms with van der Waals surface area (Å²) in [5.41, 5.74) is 9.76. The average Bonchev–Trinajstić information content (AvgIpc) is 3.28. The molecule has 30 heavy (non-hydrogen) atoms. The molecule has 1 heterocycles. The van der Waals surface area contributed by atoms with Crippen molar-refractivity contribution < 1.29 is 24.0 Å². The van der Waals surface area contributed by atoms with Gasteiger partial charge in [0.1, 0.15) is 12.1 Å². The van der Waals surface area contributed by atoms with Crippen molar-refractivity contribution in [3.05, 3.63) is 0 Å². The third-order valence-corrected chi connectivity index (χ3v) is 5.56. The Bertz CT molecular complexity index is 713. The van der Waals surface area contributed by atoms with Gasteiger partial charge in [-0.2, -0.15) is 0 Å². The number of carbonyl (C=O) groups excluding carboxylic acids is 5. The van der Waals surface area contributed by atoms with Gasteiger partial charge < -0.3 is 27.0 Å². The van der Waals surface area contributed by atoms with E-state index in [2.05, 4.69) is 10.6 Å². The molecule has 1 aliphatic heterocycles. The first-order valence-electron chi connectivity index (χ1n) is 10.4. The Balaban J connectivity index is 2.12. The zero-order chi connectivity index (χ0) is 22.6. The third-order valence-electron chi connectivity index (χ3n) is 5.56. The van der Waals surface area contributed by atoms with Crippen molar-refractivity contribution in [2.24, 2.45) is 22.8 Å². The number of nitrogens with one attached hydrogen (secondary N) is 2. The second-order valence-electron chi connectivity index (χ2n) is 9.35. The van der Waals surface area contributed by atoms with Crippen LogP contribution in [0.4, 0.5) is 4.79 Å². The number of rotatable bonds is 9. The Morgan fingerprint density at radius 2 is 1.67 bits per heavy atom. The van der Waals surface area contributed by atoms with E-state index < -0.39 is 53.6 Å². The number of Topliss-reactive ketones (excluding diaryl/α,β-unsaturated/α-hetero) is 1. The van der Waals surface area contributed by atoms with Gasteiger partial charge in [-0.05, 0) is 30.6 Å². The highest BCUT2D eigenvalue weighted by Gasteiger charge is 2.42. The summed E-state index contributed by atoms with van der Waals surface area (Å²) in [5, 5.41) is 5.22. The molecule has 10 nitrogen and oxygen atoms in total. The lowest BCUT2D eigenvalue weighted by Crippen LogP contribution is -2.59. The summed E-state index contributed by atoms with van der Waals surface area (Å²) in [6.45, 7) is 5.76. The minimum Gasteiger partial charge on any atom is -0.369 e. The van der Waals surface area contributed by atoms with E-state index in [1.54, 1.807) is 20.8 Å². The van der Waals surface area contributed by atoms with Crippen LogP contribution in [0.5, 0.6) is 0 Å². The average molecular weight is 424 g/mol. The summed E-state index contributed by atoms with van der Waals surface area (Å²) in [7, 11) is 0. The Labute approximate surface area is 176 Å². The molecule has 0 aromatic heterocycles. The van der Waals surface area contributed by atoms with Crippen LogP contribution in [-0.2, 0) is 19.2 Å². The molecule has 1 saturated heterocycles. The number of ketones is 1. The van der Waals surface area contributed by atoms with Crippen LogP contribution in [0.25, 0.3) is 0 Å². The Morgan fingerprint density at radius 1 is 1.03 bits per heavy atom. The summed E-state index contributed by atoms with van der Waals surface area (Å²) < 4.78 is 0. The summed E-state index contributed by atoms with van der Waals surface area (Å²) in [6.07, 6.45) is 3.07. The van der Waals surface area contributed by atoms with Gasteiger partial charge in [0.05, 0.1) is 12.5 Å². The van der Waals surface area contributed by atoms with Gasteiger partial charge in [0.2, 0.25) is 17.7 Å². The highest BCUT2D eigenvalue weighted by molar-refractivity contribution is 6.02. The highest BCUT2D eigenvalue weighted by Crippen LogP contribution is 2.34. The number of likely N-dealkylation sites (tertiary alicyclic amines) is 1. The largest absolute Gasteiger partial charge is 0.369 e. The van der Waals surface area contributed by atoms with E-state index in [9.17, 15) is 24.0 Å². The number of nitrogens with two attached hydrogens (primary N) is 2. The topological polar surface area (TPSA) is 165 Å². The molecule has 2 rings (SSSR count). The molecule has 0 aromatic rings. The Hall–Kier alpha value is -2.65. The maximum Gasteiger partial charge on any atom is 0.312 e. The summed E-state index contributed by atoms with van der Waals surface area (Å²) >= 11 is 0. The third kappa shape index (κ3) is 6.43. The van der Waals surface area contributed by atoms with Crippen LogP contribution in [0.3, 0.4) is 0 Å². The fourth-order valence-corrected chi connectivity index (χ4v) is 3.78. The second-order valence-corrected chi connectivity index (χ2v) is 9.35. The van der Waals surface area contributed by atoms with Crippen LogP contribution in [0.15, 0.2) is 0 Å². The molecule has 5 amide bonds. The van der Waals surface area contributed by atoms with Crippen molar-refractivity contribution >= 4 is 29.5 Å². The Morgan fingerprint density at radius 3 is 2.17 bits per heavy atom. The van der Waals surface area contributed by atoms with Crippen LogP contribution in [-0.4, -0.2) is 59.1 Å². The standard InChI is InChI=1S/C20H33N5O5/c1-20(2,3)16(24-19(22)30)18(29)25-8-4-5-13(25)17(28)23-12(9-11-6-7-11)14(26)10-15(21)27/h11-13,16H,4-10H2,1-3H3,(H2,21,27)(H,23,28)(H3,22,24,30)/t12?,13-,16+/m0/s1. The van der Waals surface area contributed by atoms with Crippen molar-refractivity contribution in [1.82, 2.24) is 15.5 Å². The molecule has 2 aliphatic rings. The van der Waals surface area contributed by atoms with Crippen molar-refractivity contribution in [3.63, 3.8) is 0 Å². The molecule has 3 atom stereocenters. The number of hydrogen-bond acceptors (Lipinski definition) is 5. The monoisotopic (exact) mass is 423 g/mol. The lowest BCUT2D eigenvalue weighted by molar-refractivity contribution is -0.142.